The molecular weight excluding hydrogens is 284 g/mol. The minimum atomic E-state index is -0.591. The first kappa shape index (κ1) is 15.4. The summed E-state index contributed by atoms with van der Waals surface area (Å²) in [6.45, 7) is 2.28. The fourth-order valence-corrected chi connectivity index (χ4v) is 2.18. The van der Waals surface area contributed by atoms with Gasteiger partial charge in [0.2, 0.25) is 0 Å². The van der Waals surface area contributed by atoms with Crippen LogP contribution < -0.4 is 5.56 Å². The monoisotopic (exact) mass is 298 g/mol. The fraction of sp³-hybridized carbons (Fsp3) is 0.286. The first-order chi connectivity index (χ1) is 10.7. The van der Waals surface area contributed by atoms with Crippen LogP contribution in [-0.4, -0.2) is 10.2 Å². The fourth-order valence-electron chi connectivity index (χ4n) is 2.18. The molecule has 8 heteroatoms. The molecule has 22 heavy (non-hydrogen) atoms. The maximum atomic E-state index is 11.2. The number of azide groups is 1. The summed E-state index contributed by atoms with van der Waals surface area (Å²) in [4.78, 5) is 24.5. The number of H-pyrrole nitrogens is 1. The van der Waals surface area contributed by atoms with Crippen LogP contribution in [0.25, 0.3) is 10.4 Å². The Balaban J connectivity index is 2.16. The van der Waals surface area contributed by atoms with Crippen LogP contribution in [0.1, 0.15) is 22.4 Å². The zero-order valence-corrected chi connectivity index (χ0v) is 12.0. The van der Waals surface area contributed by atoms with Gasteiger partial charge in [-0.1, -0.05) is 23.3 Å². The van der Waals surface area contributed by atoms with Gasteiger partial charge in [-0.05, 0) is 53.2 Å². The van der Waals surface area contributed by atoms with Gasteiger partial charge in [-0.3, -0.25) is 4.79 Å². The van der Waals surface area contributed by atoms with Crippen LogP contribution >= 0.6 is 0 Å². The molecule has 0 atom stereocenters. The number of benzene rings is 1. The predicted molar refractivity (Wildman–Crippen MR) is 81.7 cm³/mol. The van der Waals surface area contributed by atoms with Crippen LogP contribution in [0.15, 0.2) is 39.4 Å². The average Bonchev–Trinajstić information content (AvgIpc) is 2.54. The van der Waals surface area contributed by atoms with E-state index in [0.717, 1.165) is 16.7 Å². The number of nitroso groups, excluding NO2 is 1. The quantitative estimate of drug-likeness (QED) is 0.381. The van der Waals surface area contributed by atoms with E-state index in [-0.39, 0.29) is 5.69 Å². The third kappa shape index (κ3) is 3.56. The Bertz CT molecular complexity index is 792. The van der Waals surface area contributed by atoms with Crippen molar-refractivity contribution in [3.63, 3.8) is 0 Å². The average molecular weight is 298 g/mol. The van der Waals surface area contributed by atoms with Gasteiger partial charge >= 0.3 is 0 Å². The Labute approximate surface area is 125 Å². The molecule has 0 saturated carbocycles. The Morgan fingerprint density at radius 3 is 2.82 bits per heavy atom. The van der Waals surface area contributed by atoms with Crippen molar-refractivity contribution < 1.29 is 0 Å². The van der Waals surface area contributed by atoms with Crippen molar-refractivity contribution in [3.05, 3.63) is 72.4 Å². The van der Waals surface area contributed by atoms with Crippen molar-refractivity contribution in [1.82, 2.24) is 10.2 Å². The van der Waals surface area contributed by atoms with E-state index in [1.165, 1.54) is 6.07 Å². The molecule has 1 heterocycles. The highest BCUT2D eigenvalue weighted by atomic mass is 16.3. The molecule has 0 fully saturated rings. The van der Waals surface area contributed by atoms with Crippen LogP contribution in [0, 0.1) is 11.8 Å². The summed E-state index contributed by atoms with van der Waals surface area (Å²) in [7, 11) is 0. The van der Waals surface area contributed by atoms with Crippen molar-refractivity contribution in [1.29, 1.82) is 0 Å². The standard InChI is InChI=1S/C14H14N6O2/c1-9-10(3-2-4-11(9)8-16-20-15)5-6-12-7-13(19-22)14(21)18-17-12/h2-4,7H,5-6,8H2,1H3,(H,18,21). The molecular formula is C14H14N6O2. The Hall–Kier alpha value is -2.99. The van der Waals surface area contributed by atoms with Gasteiger partial charge in [0.15, 0.2) is 5.69 Å². The summed E-state index contributed by atoms with van der Waals surface area (Å²) < 4.78 is 0. The summed E-state index contributed by atoms with van der Waals surface area (Å²) in [5.74, 6) is 0. The molecule has 0 aliphatic rings. The van der Waals surface area contributed by atoms with Crippen LogP contribution in [0.5, 0.6) is 0 Å². The highest BCUT2D eigenvalue weighted by molar-refractivity contribution is 5.36. The normalized spacial score (nSPS) is 10.0. The lowest BCUT2D eigenvalue weighted by Gasteiger charge is -2.09. The van der Waals surface area contributed by atoms with E-state index in [4.69, 9.17) is 5.53 Å². The second-order valence-corrected chi connectivity index (χ2v) is 4.76. The summed E-state index contributed by atoms with van der Waals surface area (Å²) in [6.07, 6.45) is 1.25. The number of rotatable bonds is 6. The van der Waals surface area contributed by atoms with Crippen molar-refractivity contribution in [2.75, 3.05) is 0 Å². The summed E-state index contributed by atoms with van der Waals surface area (Å²) >= 11 is 0. The van der Waals surface area contributed by atoms with Crippen LogP contribution in [-0.2, 0) is 19.4 Å². The Kier molecular flexibility index (Phi) is 5.00. The zero-order chi connectivity index (χ0) is 15.9. The number of aryl methyl sites for hydroxylation is 2. The second kappa shape index (κ2) is 7.14. The lowest BCUT2D eigenvalue weighted by atomic mass is 9.98. The molecule has 112 valence electrons. The highest BCUT2D eigenvalue weighted by Crippen LogP contribution is 2.17. The van der Waals surface area contributed by atoms with E-state index < -0.39 is 5.56 Å². The summed E-state index contributed by atoms with van der Waals surface area (Å²) in [5, 5.41) is 12.4. The van der Waals surface area contributed by atoms with E-state index in [1.807, 2.05) is 25.1 Å². The minimum Gasteiger partial charge on any atom is -0.265 e. The van der Waals surface area contributed by atoms with Crippen LogP contribution in [0.4, 0.5) is 5.69 Å². The van der Waals surface area contributed by atoms with Gasteiger partial charge in [0.05, 0.1) is 12.2 Å². The number of nitrogens with zero attached hydrogens (tertiary/aromatic N) is 5. The molecule has 0 bridgehead atoms. The van der Waals surface area contributed by atoms with E-state index in [9.17, 15) is 9.70 Å². The smallest absolute Gasteiger partial charge is 0.265 e. The van der Waals surface area contributed by atoms with Crippen LogP contribution in [0.3, 0.4) is 0 Å². The maximum absolute atomic E-state index is 11.2. The molecule has 1 aromatic carbocycles. The molecule has 0 spiro atoms. The van der Waals surface area contributed by atoms with Gasteiger partial charge in [-0.15, -0.1) is 4.91 Å². The molecule has 0 aliphatic heterocycles. The van der Waals surface area contributed by atoms with Gasteiger partial charge < -0.3 is 0 Å². The molecule has 0 aliphatic carbocycles. The summed E-state index contributed by atoms with van der Waals surface area (Å²) in [5.41, 5.74) is 11.4. The molecule has 1 aromatic heterocycles. The number of aromatic amines is 1. The highest BCUT2D eigenvalue weighted by Gasteiger charge is 2.07. The number of nitrogens with one attached hydrogen (secondary N) is 1. The predicted octanol–water partition coefficient (Wildman–Crippen LogP) is 3.07. The number of hydrogen-bond acceptors (Lipinski definition) is 5. The first-order valence-electron chi connectivity index (χ1n) is 6.66. The maximum Gasteiger partial charge on any atom is 0.293 e. The molecule has 1 N–H and O–H groups in total. The molecule has 2 aromatic rings. The van der Waals surface area contributed by atoms with Crippen molar-refractivity contribution >= 4 is 5.69 Å². The minimum absolute atomic E-state index is 0.168. The summed E-state index contributed by atoms with van der Waals surface area (Å²) in [6, 6.07) is 7.20. The molecule has 0 radical (unpaired) electrons. The molecule has 8 nitrogen and oxygen atoms in total. The SMILES string of the molecule is Cc1c(CCc2cc(N=O)c(=O)[nH]n2)cccc1CN=[N+]=[N-]. The second-order valence-electron chi connectivity index (χ2n) is 4.76. The molecule has 2 rings (SSSR count). The molecule has 0 unspecified atom stereocenters. The van der Waals surface area contributed by atoms with Gasteiger partial charge in [0.25, 0.3) is 5.56 Å². The lowest BCUT2D eigenvalue weighted by Crippen LogP contribution is -2.10. The zero-order valence-electron chi connectivity index (χ0n) is 12.0. The molecule has 0 saturated heterocycles. The first-order valence-corrected chi connectivity index (χ1v) is 6.66. The number of hydrogen-bond donors (Lipinski definition) is 1. The largest absolute Gasteiger partial charge is 0.293 e. The Morgan fingerprint density at radius 2 is 2.09 bits per heavy atom. The van der Waals surface area contributed by atoms with Gasteiger partial charge in [0.1, 0.15) is 0 Å². The van der Waals surface area contributed by atoms with E-state index >= 15 is 0 Å². The lowest BCUT2D eigenvalue weighted by molar-refractivity contribution is 0.839. The van der Waals surface area contributed by atoms with E-state index in [1.54, 1.807) is 0 Å². The topological polar surface area (TPSA) is 124 Å². The van der Waals surface area contributed by atoms with Gasteiger partial charge in [-0.25, -0.2) is 5.10 Å². The Morgan fingerprint density at radius 1 is 1.32 bits per heavy atom. The third-order valence-electron chi connectivity index (χ3n) is 3.45. The third-order valence-corrected chi connectivity index (χ3v) is 3.45. The van der Waals surface area contributed by atoms with E-state index in [2.05, 4.69) is 25.4 Å². The van der Waals surface area contributed by atoms with Gasteiger partial charge in [0, 0.05) is 4.91 Å². The van der Waals surface area contributed by atoms with E-state index in [0.29, 0.717) is 25.1 Å². The number of aromatic nitrogens is 2. The van der Waals surface area contributed by atoms with Crippen molar-refractivity contribution in [2.24, 2.45) is 10.3 Å². The van der Waals surface area contributed by atoms with Crippen molar-refractivity contribution in [3.8, 4) is 0 Å². The van der Waals surface area contributed by atoms with Gasteiger partial charge in [-0.2, -0.15) is 5.10 Å². The molecule has 0 amide bonds. The van der Waals surface area contributed by atoms with Crippen molar-refractivity contribution in [2.45, 2.75) is 26.3 Å². The van der Waals surface area contributed by atoms with Crippen LogP contribution in [0.2, 0.25) is 0 Å².